The average Bonchev–Trinajstić information content (AvgIpc) is 3.35. The van der Waals surface area contributed by atoms with Crippen LogP contribution in [0.3, 0.4) is 0 Å². The van der Waals surface area contributed by atoms with Gasteiger partial charge < -0.3 is 14.2 Å². The maximum atomic E-state index is 12.8. The molecule has 0 bridgehead atoms. The Morgan fingerprint density at radius 2 is 0.565 bits per heavy atom. The van der Waals surface area contributed by atoms with Crippen LogP contribution in [0, 0.1) is 0 Å². The molecule has 1 unspecified atom stereocenters. The van der Waals surface area contributed by atoms with Gasteiger partial charge in [0.2, 0.25) is 0 Å². The Bertz CT molecular complexity index is 1380. The van der Waals surface area contributed by atoms with E-state index in [2.05, 4.69) is 118 Å². The van der Waals surface area contributed by atoms with Crippen molar-refractivity contribution in [3.05, 3.63) is 97.2 Å². The zero-order valence-electron chi connectivity index (χ0n) is 45.0. The summed E-state index contributed by atoms with van der Waals surface area (Å²) in [6, 6.07) is 0. The van der Waals surface area contributed by atoms with Gasteiger partial charge in [-0.05, 0) is 96.3 Å². The average molecular weight is 960 g/mol. The van der Waals surface area contributed by atoms with E-state index in [0.29, 0.717) is 19.3 Å². The van der Waals surface area contributed by atoms with Crippen molar-refractivity contribution in [1.29, 1.82) is 0 Å². The minimum atomic E-state index is -0.794. The van der Waals surface area contributed by atoms with Gasteiger partial charge in [-0.3, -0.25) is 14.4 Å². The lowest BCUT2D eigenvalue weighted by atomic mass is 10.0. The van der Waals surface area contributed by atoms with E-state index in [1.165, 1.54) is 103 Å². The number of unbranched alkanes of at least 4 members (excludes halogenated alkanes) is 24. The summed E-state index contributed by atoms with van der Waals surface area (Å²) in [5, 5.41) is 0. The molecule has 0 spiro atoms. The molecule has 0 amide bonds. The summed E-state index contributed by atoms with van der Waals surface area (Å²) in [6.07, 6.45) is 75.5. The van der Waals surface area contributed by atoms with E-state index >= 15 is 0 Å². The first kappa shape index (κ1) is 65.3. The van der Waals surface area contributed by atoms with Crippen LogP contribution in [0.1, 0.15) is 265 Å². The van der Waals surface area contributed by atoms with Crippen LogP contribution in [0.25, 0.3) is 0 Å². The second-order valence-corrected chi connectivity index (χ2v) is 18.8. The number of rotatable bonds is 51. The van der Waals surface area contributed by atoms with Gasteiger partial charge in [-0.2, -0.15) is 0 Å². The summed E-state index contributed by atoms with van der Waals surface area (Å²) in [7, 11) is 0. The van der Waals surface area contributed by atoms with E-state index in [1.807, 2.05) is 0 Å². The molecule has 0 aliphatic carbocycles. The van der Waals surface area contributed by atoms with Crippen LogP contribution in [0.5, 0.6) is 0 Å². The standard InChI is InChI=1S/C63H106O6/c1-4-7-10-13-16-19-22-25-26-27-28-29-30-31-32-33-34-35-36-39-41-44-47-50-53-56-62(65)68-59-60(69-63(66)57-54-51-48-45-42-38-24-21-18-15-12-9-6-3)58-67-61(64)55-52-49-46-43-40-37-23-20-17-14-11-8-5-2/h7,9-10,12,16,18-19,21,25-26,28-29,31-32,38,42,60H,4-6,8,11,13-15,17,20,22-24,27,30,33-37,39-41,43-59H2,1-3H3/b10-7-,12-9-,19-16-,21-18-,26-25-,29-28-,32-31-,42-38-. The van der Waals surface area contributed by atoms with Crippen molar-refractivity contribution in [3.8, 4) is 0 Å². The number of hydrogen-bond donors (Lipinski definition) is 0. The first-order valence-electron chi connectivity index (χ1n) is 28.7. The Kier molecular flexibility index (Phi) is 53.9. The molecule has 0 aromatic heterocycles. The van der Waals surface area contributed by atoms with Crippen LogP contribution in [0.2, 0.25) is 0 Å². The number of carbonyl (C=O) groups excluding carboxylic acids is 3. The summed E-state index contributed by atoms with van der Waals surface area (Å²) >= 11 is 0. The van der Waals surface area contributed by atoms with Gasteiger partial charge in [-0.15, -0.1) is 0 Å². The SMILES string of the molecule is CC/C=C\C/C=C\C/C=C\C/C=C\C/C=C\CCCCCCCCCCCC(=O)OCC(COC(=O)CCCCCCCCCCCCCCC)OC(=O)CCCCC/C=C\C/C=C\C/C=C\CC. The van der Waals surface area contributed by atoms with Crippen molar-refractivity contribution < 1.29 is 28.6 Å². The lowest BCUT2D eigenvalue weighted by Crippen LogP contribution is -2.30. The van der Waals surface area contributed by atoms with Gasteiger partial charge in [0.1, 0.15) is 13.2 Å². The van der Waals surface area contributed by atoms with E-state index < -0.39 is 6.10 Å². The van der Waals surface area contributed by atoms with Crippen molar-refractivity contribution in [2.75, 3.05) is 13.2 Å². The molecule has 0 N–H and O–H groups in total. The van der Waals surface area contributed by atoms with E-state index in [4.69, 9.17) is 14.2 Å². The van der Waals surface area contributed by atoms with Crippen LogP contribution < -0.4 is 0 Å². The maximum Gasteiger partial charge on any atom is 0.306 e. The van der Waals surface area contributed by atoms with Crippen molar-refractivity contribution in [1.82, 2.24) is 0 Å². The van der Waals surface area contributed by atoms with Crippen LogP contribution in [0.15, 0.2) is 97.2 Å². The van der Waals surface area contributed by atoms with E-state index in [-0.39, 0.29) is 31.1 Å². The van der Waals surface area contributed by atoms with Gasteiger partial charge in [-0.25, -0.2) is 0 Å². The van der Waals surface area contributed by atoms with Crippen molar-refractivity contribution >= 4 is 17.9 Å². The molecule has 0 saturated heterocycles. The minimum absolute atomic E-state index is 0.0895. The second-order valence-electron chi connectivity index (χ2n) is 18.8. The number of allylic oxidation sites excluding steroid dienone is 16. The first-order valence-corrected chi connectivity index (χ1v) is 28.7. The summed E-state index contributed by atoms with van der Waals surface area (Å²) < 4.78 is 16.8. The van der Waals surface area contributed by atoms with Gasteiger partial charge in [0.05, 0.1) is 0 Å². The normalized spacial score (nSPS) is 12.8. The predicted octanol–water partition coefficient (Wildman–Crippen LogP) is 19.3. The Labute approximate surface area is 426 Å². The molecular formula is C63H106O6. The monoisotopic (exact) mass is 959 g/mol. The zero-order chi connectivity index (χ0) is 50.0. The van der Waals surface area contributed by atoms with E-state index in [1.54, 1.807) is 0 Å². The zero-order valence-corrected chi connectivity index (χ0v) is 45.0. The molecule has 6 heteroatoms. The molecule has 0 aliphatic heterocycles. The molecule has 0 radical (unpaired) electrons. The number of hydrogen-bond acceptors (Lipinski definition) is 6. The highest BCUT2D eigenvalue weighted by Crippen LogP contribution is 2.15. The van der Waals surface area contributed by atoms with Gasteiger partial charge in [0.15, 0.2) is 6.10 Å². The van der Waals surface area contributed by atoms with Gasteiger partial charge in [0.25, 0.3) is 0 Å². The molecule has 6 nitrogen and oxygen atoms in total. The van der Waals surface area contributed by atoms with Crippen molar-refractivity contribution in [3.63, 3.8) is 0 Å². The smallest absolute Gasteiger partial charge is 0.306 e. The molecular weight excluding hydrogens is 853 g/mol. The Hall–Kier alpha value is -3.67. The second kappa shape index (κ2) is 56.9. The largest absolute Gasteiger partial charge is 0.462 e. The van der Waals surface area contributed by atoms with Crippen molar-refractivity contribution in [2.24, 2.45) is 0 Å². The number of esters is 3. The van der Waals surface area contributed by atoms with Gasteiger partial charge in [-0.1, -0.05) is 246 Å². The fourth-order valence-corrected chi connectivity index (χ4v) is 7.84. The van der Waals surface area contributed by atoms with Crippen LogP contribution in [-0.4, -0.2) is 37.2 Å². The highest BCUT2D eigenvalue weighted by molar-refractivity contribution is 5.71. The molecule has 0 fully saturated rings. The van der Waals surface area contributed by atoms with Crippen LogP contribution >= 0.6 is 0 Å². The highest BCUT2D eigenvalue weighted by Gasteiger charge is 2.19. The third kappa shape index (κ3) is 55.1. The van der Waals surface area contributed by atoms with E-state index in [9.17, 15) is 14.4 Å². The summed E-state index contributed by atoms with van der Waals surface area (Å²) in [5.41, 5.74) is 0. The Balaban J connectivity index is 4.32. The topological polar surface area (TPSA) is 78.9 Å². The fourth-order valence-electron chi connectivity index (χ4n) is 7.84. The molecule has 0 heterocycles. The minimum Gasteiger partial charge on any atom is -0.462 e. The Morgan fingerprint density at radius 3 is 0.899 bits per heavy atom. The summed E-state index contributed by atoms with van der Waals surface area (Å²) in [6.45, 7) is 6.39. The number of carbonyl (C=O) groups is 3. The van der Waals surface area contributed by atoms with Crippen molar-refractivity contribution in [2.45, 2.75) is 271 Å². The lowest BCUT2D eigenvalue weighted by Gasteiger charge is -2.18. The molecule has 0 rings (SSSR count). The van der Waals surface area contributed by atoms with Gasteiger partial charge >= 0.3 is 17.9 Å². The third-order valence-electron chi connectivity index (χ3n) is 12.1. The Morgan fingerprint density at radius 1 is 0.304 bits per heavy atom. The summed E-state index contributed by atoms with van der Waals surface area (Å²) in [4.78, 5) is 38.1. The predicted molar refractivity (Wildman–Crippen MR) is 297 cm³/mol. The van der Waals surface area contributed by atoms with Crippen LogP contribution in [-0.2, 0) is 28.6 Å². The first-order chi connectivity index (χ1) is 34.0. The molecule has 0 aliphatic rings. The van der Waals surface area contributed by atoms with E-state index in [0.717, 1.165) is 122 Å². The van der Waals surface area contributed by atoms with Crippen LogP contribution in [0.4, 0.5) is 0 Å². The van der Waals surface area contributed by atoms with Gasteiger partial charge in [0, 0.05) is 19.3 Å². The molecule has 0 aromatic carbocycles. The molecule has 0 saturated carbocycles. The third-order valence-corrected chi connectivity index (χ3v) is 12.1. The highest BCUT2D eigenvalue weighted by atomic mass is 16.6. The maximum absolute atomic E-state index is 12.8. The molecule has 69 heavy (non-hydrogen) atoms. The summed E-state index contributed by atoms with van der Waals surface area (Å²) in [5.74, 6) is -0.922. The lowest BCUT2D eigenvalue weighted by molar-refractivity contribution is -0.167. The molecule has 1 atom stereocenters. The fraction of sp³-hybridized carbons (Fsp3) is 0.698. The molecule has 394 valence electrons. The quantitative estimate of drug-likeness (QED) is 0.0262. The molecule has 0 aromatic rings. The number of ether oxygens (including phenoxy) is 3.